The number of ether oxygens (including phenoxy) is 1. The first-order valence-electron chi connectivity index (χ1n) is 7.98. The van der Waals surface area contributed by atoms with Crippen molar-refractivity contribution in [2.75, 3.05) is 12.4 Å². The number of nitrogens with zero attached hydrogens (tertiary/aromatic N) is 1. The minimum absolute atomic E-state index is 0.0846. The van der Waals surface area contributed by atoms with Crippen LogP contribution in [-0.4, -0.2) is 26.7 Å². The van der Waals surface area contributed by atoms with Gasteiger partial charge in [-0.2, -0.15) is 5.26 Å². The molecule has 136 valence electrons. The Bertz CT molecular complexity index is 905. The Labute approximate surface area is 158 Å². The molecule has 1 atom stereocenters. The molecule has 2 rings (SSSR count). The number of hydrogen-bond acceptors (Lipinski definition) is 5. The molecule has 0 fully saturated rings. The van der Waals surface area contributed by atoms with E-state index in [0.29, 0.717) is 10.6 Å². The molecule has 0 N–H and O–H groups in total. The van der Waals surface area contributed by atoms with Gasteiger partial charge in [0.05, 0.1) is 23.3 Å². The van der Waals surface area contributed by atoms with Crippen LogP contribution in [0.25, 0.3) is 0 Å². The van der Waals surface area contributed by atoms with Crippen LogP contribution in [0.4, 0.5) is 0 Å². The number of nitriles is 1. The van der Waals surface area contributed by atoms with Crippen molar-refractivity contribution in [1.29, 1.82) is 5.26 Å². The van der Waals surface area contributed by atoms with Gasteiger partial charge in [0.15, 0.2) is 15.3 Å². The fourth-order valence-electron chi connectivity index (χ4n) is 2.55. The summed E-state index contributed by atoms with van der Waals surface area (Å²) >= 11 is 5.88. The maximum absolute atomic E-state index is 12.6. The van der Waals surface area contributed by atoms with E-state index >= 15 is 0 Å². The van der Waals surface area contributed by atoms with E-state index in [2.05, 4.69) is 0 Å². The van der Waals surface area contributed by atoms with Crippen molar-refractivity contribution < 1.29 is 17.9 Å². The second-order valence-corrected chi connectivity index (χ2v) is 8.17. The normalized spacial score (nSPS) is 13.4. The molecule has 0 saturated carbocycles. The van der Waals surface area contributed by atoms with E-state index in [4.69, 9.17) is 16.3 Å². The van der Waals surface area contributed by atoms with Crippen LogP contribution in [0.2, 0.25) is 5.02 Å². The molecule has 7 heteroatoms. The molecule has 0 saturated heterocycles. The van der Waals surface area contributed by atoms with Gasteiger partial charge < -0.3 is 4.74 Å². The number of rotatable bonds is 7. The predicted molar refractivity (Wildman–Crippen MR) is 98.5 cm³/mol. The second kappa shape index (κ2) is 8.35. The van der Waals surface area contributed by atoms with Crippen LogP contribution in [0.15, 0.2) is 59.5 Å². The smallest absolute Gasteiger partial charge is 0.331 e. The Morgan fingerprint density at radius 2 is 1.77 bits per heavy atom. The van der Waals surface area contributed by atoms with Crippen molar-refractivity contribution in [3.63, 3.8) is 0 Å². The van der Waals surface area contributed by atoms with Crippen molar-refractivity contribution in [2.24, 2.45) is 0 Å². The second-order valence-electron chi connectivity index (χ2n) is 5.63. The summed E-state index contributed by atoms with van der Waals surface area (Å²) in [6.07, 6.45) is -0.221. The van der Waals surface area contributed by atoms with E-state index in [9.17, 15) is 18.5 Å². The van der Waals surface area contributed by atoms with Crippen LogP contribution in [0.3, 0.4) is 0 Å². The Morgan fingerprint density at radius 1 is 1.15 bits per heavy atom. The zero-order chi connectivity index (χ0) is 19.2. The molecule has 0 radical (unpaired) electrons. The van der Waals surface area contributed by atoms with Crippen LogP contribution in [0, 0.1) is 11.3 Å². The quantitative estimate of drug-likeness (QED) is 0.674. The number of carbonyl (C=O) groups excluding carboxylic acids is 1. The lowest BCUT2D eigenvalue weighted by Crippen LogP contribution is -2.38. The molecule has 5 nitrogen and oxygen atoms in total. The number of carbonyl (C=O) groups is 1. The third-order valence-electron chi connectivity index (χ3n) is 4.00. The lowest BCUT2D eigenvalue weighted by atomic mass is 9.79. The van der Waals surface area contributed by atoms with E-state index < -0.39 is 21.2 Å². The summed E-state index contributed by atoms with van der Waals surface area (Å²) in [5.74, 6) is -1.14. The predicted octanol–water partition coefficient (Wildman–Crippen LogP) is 3.53. The van der Waals surface area contributed by atoms with E-state index in [0.717, 1.165) is 0 Å². The summed E-state index contributed by atoms with van der Waals surface area (Å²) < 4.78 is 30.2. The number of halogens is 1. The highest BCUT2D eigenvalue weighted by molar-refractivity contribution is 7.91. The van der Waals surface area contributed by atoms with Gasteiger partial charge in [0.2, 0.25) is 0 Å². The summed E-state index contributed by atoms with van der Waals surface area (Å²) in [5.41, 5.74) is -1.37. The van der Waals surface area contributed by atoms with E-state index in [1.807, 2.05) is 6.07 Å². The van der Waals surface area contributed by atoms with Crippen molar-refractivity contribution in [3.8, 4) is 6.07 Å². The van der Waals surface area contributed by atoms with Crippen LogP contribution < -0.4 is 0 Å². The molecule has 0 aromatic heterocycles. The molecule has 0 amide bonds. The Balaban J connectivity index is 2.40. The van der Waals surface area contributed by atoms with Gasteiger partial charge in [0.1, 0.15) is 0 Å². The van der Waals surface area contributed by atoms with Crippen LogP contribution in [0.1, 0.15) is 18.9 Å². The highest BCUT2D eigenvalue weighted by Crippen LogP contribution is 2.32. The maximum Gasteiger partial charge on any atom is 0.331 e. The molecule has 2 aromatic rings. The molecule has 0 aliphatic carbocycles. The summed E-state index contributed by atoms with van der Waals surface area (Å²) in [6.45, 7) is 1.71. The lowest BCUT2D eigenvalue weighted by molar-refractivity contribution is -0.147. The molecule has 0 heterocycles. The summed E-state index contributed by atoms with van der Waals surface area (Å²) in [7, 11) is -3.65. The number of sulfone groups is 1. The topological polar surface area (TPSA) is 84.2 Å². The lowest BCUT2D eigenvalue weighted by Gasteiger charge is -2.25. The van der Waals surface area contributed by atoms with Gasteiger partial charge >= 0.3 is 5.97 Å². The standard InChI is InChI=1S/C19H18ClNO4S/c1-2-25-18(22)19(14-21,15-8-10-16(20)11-9-15)12-13-26(23,24)17-6-4-3-5-7-17/h3-11H,2,12-13H2,1H3/t19-/m0/s1. The van der Waals surface area contributed by atoms with Crippen LogP contribution in [0.5, 0.6) is 0 Å². The summed E-state index contributed by atoms with van der Waals surface area (Å²) in [6, 6.07) is 16.1. The first-order valence-corrected chi connectivity index (χ1v) is 10.0. The van der Waals surface area contributed by atoms with Gasteiger partial charge in [-0.25, -0.2) is 13.2 Å². The molecule has 26 heavy (non-hydrogen) atoms. The third-order valence-corrected chi connectivity index (χ3v) is 5.98. The highest BCUT2D eigenvalue weighted by atomic mass is 35.5. The van der Waals surface area contributed by atoms with Gasteiger partial charge in [0.25, 0.3) is 0 Å². The van der Waals surface area contributed by atoms with Gasteiger partial charge in [0, 0.05) is 5.02 Å². The van der Waals surface area contributed by atoms with E-state index in [1.165, 1.54) is 24.3 Å². The third kappa shape index (κ3) is 4.24. The summed E-state index contributed by atoms with van der Waals surface area (Å²) in [5, 5.41) is 10.2. The average Bonchev–Trinajstić information content (AvgIpc) is 2.65. The van der Waals surface area contributed by atoms with Gasteiger partial charge in [-0.15, -0.1) is 0 Å². The number of benzene rings is 2. The van der Waals surface area contributed by atoms with E-state index in [-0.39, 0.29) is 23.7 Å². The fourth-order valence-corrected chi connectivity index (χ4v) is 4.06. The Kier molecular flexibility index (Phi) is 6.41. The monoisotopic (exact) mass is 391 g/mol. The number of hydrogen-bond donors (Lipinski definition) is 0. The van der Waals surface area contributed by atoms with Gasteiger partial charge in [-0.3, -0.25) is 0 Å². The Morgan fingerprint density at radius 3 is 2.31 bits per heavy atom. The van der Waals surface area contributed by atoms with Crippen molar-refractivity contribution in [3.05, 3.63) is 65.2 Å². The zero-order valence-electron chi connectivity index (χ0n) is 14.2. The number of esters is 1. The van der Waals surface area contributed by atoms with Crippen LogP contribution in [-0.2, 0) is 24.8 Å². The minimum Gasteiger partial charge on any atom is -0.465 e. The van der Waals surface area contributed by atoms with E-state index in [1.54, 1.807) is 37.3 Å². The minimum atomic E-state index is -3.65. The van der Waals surface area contributed by atoms with Crippen molar-refractivity contribution in [1.82, 2.24) is 0 Å². The zero-order valence-corrected chi connectivity index (χ0v) is 15.8. The van der Waals surface area contributed by atoms with Crippen LogP contribution >= 0.6 is 11.6 Å². The molecule has 2 aromatic carbocycles. The molecule has 0 aliphatic heterocycles. The molecular weight excluding hydrogens is 374 g/mol. The van der Waals surface area contributed by atoms with Crippen molar-refractivity contribution in [2.45, 2.75) is 23.7 Å². The molecule has 0 spiro atoms. The first kappa shape index (κ1) is 20.0. The molecular formula is C19H18ClNO4S. The Hall–Kier alpha value is -2.36. The maximum atomic E-state index is 12.6. The molecule has 0 unspecified atom stereocenters. The molecule has 0 bridgehead atoms. The molecule has 0 aliphatic rings. The van der Waals surface area contributed by atoms with Gasteiger partial charge in [-0.05, 0) is 43.2 Å². The average molecular weight is 392 g/mol. The highest BCUT2D eigenvalue weighted by Gasteiger charge is 2.43. The first-order chi connectivity index (χ1) is 12.4. The van der Waals surface area contributed by atoms with Gasteiger partial charge in [-0.1, -0.05) is 41.9 Å². The van der Waals surface area contributed by atoms with Crippen molar-refractivity contribution >= 4 is 27.4 Å². The fraction of sp³-hybridized carbons (Fsp3) is 0.263. The largest absolute Gasteiger partial charge is 0.465 e. The summed E-state index contributed by atoms with van der Waals surface area (Å²) in [4.78, 5) is 12.7. The SMILES string of the molecule is CCOC(=O)[C@](C#N)(CCS(=O)(=O)c1ccccc1)c1ccc(Cl)cc1.